The molecule has 1 aromatic rings. The van der Waals surface area contributed by atoms with Crippen molar-refractivity contribution in [1.29, 1.82) is 0 Å². The van der Waals surface area contributed by atoms with Crippen LogP contribution in [0.15, 0.2) is 24.3 Å². The highest BCUT2D eigenvalue weighted by Gasteiger charge is 2.52. The lowest BCUT2D eigenvalue weighted by Gasteiger charge is -2.34. The van der Waals surface area contributed by atoms with Crippen LogP contribution < -0.4 is 10.6 Å². The first-order chi connectivity index (χ1) is 11.3. The van der Waals surface area contributed by atoms with Crippen LogP contribution in [0.1, 0.15) is 43.7 Å². The molecule has 1 heterocycles. The molecule has 1 saturated carbocycles. The van der Waals surface area contributed by atoms with E-state index in [0.29, 0.717) is 24.9 Å². The Hall–Kier alpha value is -1.56. The number of amides is 1. The third-order valence-electron chi connectivity index (χ3n) is 5.41. The van der Waals surface area contributed by atoms with Crippen LogP contribution in [0.2, 0.25) is 0 Å². The average Bonchev–Trinajstić information content (AvgIpc) is 3.35. The van der Waals surface area contributed by atoms with Gasteiger partial charge >= 0.3 is 6.18 Å². The predicted molar refractivity (Wildman–Crippen MR) is 85.6 cm³/mol. The molecule has 3 rings (SSSR count). The molecular weight excluding hydrogens is 317 g/mol. The Balaban J connectivity index is 1.70. The predicted octanol–water partition coefficient (Wildman–Crippen LogP) is 3.24. The van der Waals surface area contributed by atoms with E-state index in [-0.39, 0.29) is 11.3 Å². The normalized spacial score (nSPS) is 22.0. The molecule has 24 heavy (non-hydrogen) atoms. The first kappa shape index (κ1) is 17.3. The molecule has 0 atom stereocenters. The van der Waals surface area contributed by atoms with Crippen molar-refractivity contribution in [2.45, 2.75) is 44.2 Å². The van der Waals surface area contributed by atoms with E-state index < -0.39 is 17.2 Å². The van der Waals surface area contributed by atoms with Gasteiger partial charge in [0.15, 0.2) is 0 Å². The molecule has 1 aliphatic carbocycles. The van der Waals surface area contributed by atoms with Crippen molar-refractivity contribution in [1.82, 2.24) is 10.6 Å². The maximum absolute atomic E-state index is 12.9. The summed E-state index contributed by atoms with van der Waals surface area (Å²) in [7, 11) is 0. The van der Waals surface area contributed by atoms with E-state index in [0.717, 1.165) is 38.1 Å². The monoisotopic (exact) mass is 340 g/mol. The van der Waals surface area contributed by atoms with Gasteiger partial charge in [-0.25, -0.2) is 0 Å². The summed E-state index contributed by atoms with van der Waals surface area (Å²) in [6.07, 6.45) is -1.18. The average molecular weight is 340 g/mol. The molecule has 0 bridgehead atoms. The summed E-state index contributed by atoms with van der Waals surface area (Å²) in [4.78, 5) is 12.7. The molecule has 0 spiro atoms. The highest BCUT2D eigenvalue weighted by molar-refractivity contribution is 5.91. The molecule has 0 unspecified atom stereocenters. The number of carbonyl (C=O) groups excluding carboxylic acids is 1. The molecule has 0 aromatic heterocycles. The van der Waals surface area contributed by atoms with Gasteiger partial charge in [-0.15, -0.1) is 0 Å². The minimum Gasteiger partial charge on any atom is -0.355 e. The van der Waals surface area contributed by atoms with Crippen LogP contribution >= 0.6 is 0 Å². The van der Waals surface area contributed by atoms with Gasteiger partial charge in [0.25, 0.3) is 0 Å². The van der Waals surface area contributed by atoms with E-state index in [2.05, 4.69) is 17.6 Å². The van der Waals surface area contributed by atoms with Gasteiger partial charge in [0.05, 0.1) is 11.0 Å². The number of piperidine rings is 1. The van der Waals surface area contributed by atoms with Gasteiger partial charge in [-0.2, -0.15) is 13.2 Å². The Bertz CT molecular complexity index is 617. The first-order valence-electron chi connectivity index (χ1n) is 8.42. The first-order valence-corrected chi connectivity index (χ1v) is 8.42. The van der Waals surface area contributed by atoms with E-state index in [1.807, 2.05) is 0 Å². The Morgan fingerprint density at radius 3 is 2.46 bits per heavy atom. The van der Waals surface area contributed by atoms with E-state index in [1.165, 1.54) is 6.07 Å². The van der Waals surface area contributed by atoms with Crippen molar-refractivity contribution in [3.8, 4) is 0 Å². The third kappa shape index (κ3) is 3.43. The molecule has 2 N–H and O–H groups in total. The largest absolute Gasteiger partial charge is 0.416 e. The topological polar surface area (TPSA) is 41.1 Å². The van der Waals surface area contributed by atoms with Crippen molar-refractivity contribution >= 4 is 5.91 Å². The molecule has 1 saturated heterocycles. The lowest BCUT2D eigenvalue weighted by atomic mass is 9.80. The summed E-state index contributed by atoms with van der Waals surface area (Å²) >= 11 is 0. The second-order valence-corrected chi connectivity index (χ2v) is 7.40. The number of nitrogens with one attached hydrogen (secondary N) is 2. The number of rotatable bonds is 4. The second kappa shape index (κ2) is 6.06. The van der Waals surface area contributed by atoms with E-state index in [1.54, 1.807) is 6.07 Å². The summed E-state index contributed by atoms with van der Waals surface area (Å²) < 4.78 is 38.7. The zero-order chi connectivity index (χ0) is 17.4. The fraction of sp³-hybridized carbons (Fsp3) is 0.611. The number of carbonyl (C=O) groups is 1. The fourth-order valence-corrected chi connectivity index (χ4v) is 3.43. The highest BCUT2D eigenvalue weighted by Crippen LogP contribution is 2.49. The zero-order valence-electron chi connectivity index (χ0n) is 13.8. The van der Waals surface area contributed by atoms with Gasteiger partial charge in [0, 0.05) is 6.54 Å². The fourth-order valence-electron chi connectivity index (χ4n) is 3.43. The lowest BCUT2D eigenvalue weighted by molar-refractivity contribution is -0.137. The van der Waals surface area contributed by atoms with E-state index >= 15 is 0 Å². The van der Waals surface area contributed by atoms with Crippen molar-refractivity contribution in [2.24, 2.45) is 5.41 Å². The minimum absolute atomic E-state index is 0.0603. The Kier molecular flexibility index (Phi) is 4.36. The van der Waals surface area contributed by atoms with Crippen LogP contribution in [0.4, 0.5) is 13.2 Å². The van der Waals surface area contributed by atoms with Crippen molar-refractivity contribution in [2.75, 3.05) is 19.6 Å². The van der Waals surface area contributed by atoms with Crippen LogP contribution in [-0.2, 0) is 16.4 Å². The van der Waals surface area contributed by atoms with E-state index in [9.17, 15) is 18.0 Å². The summed E-state index contributed by atoms with van der Waals surface area (Å²) in [5.74, 6) is -0.137. The molecule has 0 radical (unpaired) electrons. The summed E-state index contributed by atoms with van der Waals surface area (Å²) in [6, 6.07) is 5.19. The SMILES string of the molecule is CC1(CNC(=O)C2(c3cccc(C(F)(F)F)c3)CC2)CCNCC1. The van der Waals surface area contributed by atoms with Gasteiger partial charge in [-0.3, -0.25) is 4.79 Å². The molecule has 132 valence electrons. The molecule has 1 aromatic carbocycles. The number of hydrogen-bond donors (Lipinski definition) is 2. The van der Waals surface area contributed by atoms with Gasteiger partial charge in [-0.1, -0.05) is 25.1 Å². The summed E-state index contributed by atoms with van der Waals surface area (Å²) in [5, 5.41) is 6.30. The van der Waals surface area contributed by atoms with Crippen LogP contribution in [0.25, 0.3) is 0 Å². The molecule has 1 aliphatic heterocycles. The van der Waals surface area contributed by atoms with Crippen LogP contribution in [-0.4, -0.2) is 25.5 Å². The number of benzene rings is 1. The van der Waals surface area contributed by atoms with Crippen LogP contribution in [0.5, 0.6) is 0 Å². The van der Waals surface area contributed by atoms with Gasteiger partial charge in [0.2, 0.25) is 5.91 Å². The molecule has 1 amide bonds. The molecule has 2 aliphatic rings. The van der Waals surface area contributed by atoms with Crippen LogP contribution in [0, 0.1) is 5.41 Å². The molecule has 2 fully saturated rings. The smallest absolute Gasteiger partial charge is 0.355 e. The summed E-state index contributed by atoms with van der Waals surface area (Å²) in [6.45, 7) is 4.60. The van der Waals surface area contributed by atoms with Crippen molar-refractivity contribution in [3.05, 3.63) is 35.4 Å². The quantitative estimate of drug-likeness (QED) is 0.883. The lowest BCUT2D eigenvalue weighted by Crippen LogP contribution is -2.45. The number of halogens is 3. The standard InChI is InChI=1S/C18H23F3N2O/c1-16(7-9-22-10-8-16)12-23-15(24)17(5-6-17)13-3-2-4-14(11-13)18(19,20)21/h2-4,11,22H,5-10,12H2,1H3,(H,23,24). The van der Waals surface area contributed by atoms with Gasteiger partial charge < -0.3 is 10.6 Å². The second-order valence-electron chi connectivity index (χ2n) is 7.40. The maximum atomic E-state index is 12.9. The van der Waals surface area contributed by atoms with Gasteiger partial charge in [0.1, 0.15) is 0 Å². The molecule has 6 heteroatoms. The Labute approximate surface area is 140 Å². The highest BCUT2D eigenvalue weighted by atomic mass is 19.4. The van der Waals surface area contributed by atoms with Crippen LogP contribution in [0.3, 0.4) is 0 Å². The Morgan fingerprint density at radius 1 is 1.21 bits per heavy atom. The maximum Gasteiger partial charge on any atom is 0.416 e. The molecular formula is C18H23F3N2O. The minimum atomic E-state index is -4.38. The third-order valence-corrected chi connectivity index (χ3v) is 5.41. The number of hydrogen-bond acceptors (Lipinski definition) is 2. The van der Waals surface area contributed by atoms with Crippen molar-refractivity contribution < 1.29 is 18.0 Å². The van der Waals surface area contributed by atoms with E-state index in [4.69, 9.17) is 0 Å². The van der Waals surface area contributed by atoms with Crippen molar-refractivity contribution in [3.63, 3.8) is 0 Å². The number of alkyl halides is 3. The Morgan fingerprint density at radius 2 is 1.88 bits per heavy atom. The summed E-state index contributed by atoms with van der Waals surface area (Å²) in [5.41, 5.74) is -0.926. The zero-order valence-corrected chi connectivity index (χ0v) is 13.8. The van der Waals surface area contributed by atoms with Gasteiger partial charge in [-0.05, 0) is 55.8 Å². The molecule has 3 nitrogen and oxygen atoms in total.